The Labute approximate surface area is 431 Å². The number of hydrogen-bond donors (Lipinski definition) is 1. The minimum atomic E-state index is -4.71. The van der Waals surface area contributed by atoms with E-state index >= 15 is 0 Å². The molecule has 3 atom stereocenters. The molecule has 0 rings (SSSR count). The number of phosphoric ester groups is 1. The fourth-order valence-electron chi connectivity index (χ4n) is 7.85. The number of ether oxygens (including phenoxy) is 1. The van der Waals surface area contributed by atoms with Gasteiger partial charge in [0.15, 0.2) is 0 Å². The summed E-state index contributed by atoms with van der Waals surface area (Å²) >= 11 is 0. The molecule has 0 aromatic rings. The number of quaternary nitrogens is 1. The molecule has 0 fully saturated rings. The van der Waals surface area contributed by atoms with Crippen molar-refractivity contribution in [2.75, 3.05) is 40.9 Å². The number of hydrogen-bond acceptors (Lipinski definition) is 7. The van der Waals surface area contributed by atoms with Crippen molar-refractivity contribution in [1.29, 1.82) is 0 Å². The molecule has 0 aromatic heterocycles. The highest BCUT2D eigenvalue weighted by Crippen LogP contribution is 2.38. The van der Waals surface area contributed by atoms with Gasteiger partial charge >= 0.3 is 5.97 Å². The molecule has 3 unspecified atom stereocenters. The fraction of sp³-hybridized carbons (Fsp3) is 0.733. The second kappa shape index (κ2) is 49.8. The standard InChI is InChI=1S/C60H107N2O7P/c1-7-10-13-16-19-22-25-28-30-31-32-34-37-40-43-46-49-52-59(63)61-57(56-68-70(65,66)67-55-54-62(4,5)6)58(51-48-45-42-39-36-33-27-24-21-18-15-12-9-3)69-60(64)53-50-47-44-41-38-35-29-26-23-20-17-14-11-8-2/h10,13,16,19,22,25,28,30-32,34,37,48,51,57-58H,7-9,11-12,14-15,17-18,20-21,23-24,26-27,29,33,35-36,38-47,49-50,52-56H2,1-6H3,(H-,61,63,65,66)/b13-10-,19-16+,25-22+,30-28-,32-31+,37-34+,51-48+. The highest BCUT2D eigenvalue weighted by atomic mass is 31.2. The lowest BCUT2D eigenvalue weighted by Gasteiger charge is -2.30. The molecule has 0 aliphatic carbocycles. The van der Waals surface area contributed by atoms with E-state index in [1.165, 1.54) is 128 Å². The second-order valence-electron chi connectivity index (χ2n) is 20.2. The van der Waals surface area contributed by atoms with E-state index in [-0.39, 0.29) is 31.3 Å². The van der Waals surface area contributed by atoms with Gasteiger partial charge in [0.2, 0.25) is 5.91 Å². The Morgan fingerprint density at radius 3 is 1.39 bits per heavy atom. The topological polar surface area (TPSA) is 114 Å². The van der Waals surface area contributed by atoms with Gasteiger partial charge in [0.25, 0.3) is 7.82 Å². The van der Waals surface area contributed by atoms with Gasteiger partial charge in [-0.15, -0.1) is 0 Å². The van der Waals surface area contributed by atoms with Gasteiger partial charge in [-0.2, -0.15) is 0 Å². The van der Waals surface area contributed by atoms with Gasteiger partial charge in [-0.3, -0.25) is 14.2 Å². The third-order valence-corrected chi connectivity index (χ3v) is 13.2. The molecule has 0 radical (unpaired) electrons. The number of esters is 1. The predicted octanol–water partition coefficient (Wildman–Crippen LogP) is 16.4. The number of likely N-dealkylation sites (N-methyl/N-ethyl adjacent to an activating group) is 1. The third-order valence-electron chi connectivity index (χ3n) is 12.3. The second-order valence-corrected chi connectivity index (χ2v) is 21.6. The van der Waals surface area contributed by atoms with Crippen molar-refractivity contribution < 1.29 is 37.3 Å². The Morgan fingerprint density at radius 2 is 0.914 bits per heavy atom. The Bertz CT molecular complexity index is 1480. The zero-order chi connectivity index (χ0) is 51.5. The van der Waals surface area contributed by atoms with Gasteiger partial charge in [-0.05, 0) is 51.0 Å². The van der Waals surface area contributed by atoms with Crippen LogP contribution in [0, 0.1) is 0 Å². The van der Waals surface area contributed by atoms with Crippen molar-refractivity contribution in [2.24, 2.45) is 0 Å². The highest BCUT2D eigenvalue weighted by Gasteiger charge is 2.27. The molecule has 0 aliphatic rings. The molecule has 0 aromatic carbocycles. The van der Waals surface area contributed by atoms with Crippen LogP contribution in [0.25, 0.3) is 0 Å². The number of phosphoric acid groups is 1. The van der Waals surface area contributed by atoms with Crippen LogP contribution >= 0.6 is 7.82 Å². The van der Waals surface area contributed by atoms with Crippen LogP contribution < -0.4 is 10.2 Å². The molecule has 9 nitrogen and oxygen atoms in total. The van der Waals surface area contributed by atoms with E-state index in [4.69, 9.17) is 13.8 Å². The molecule has 0 spiro atoms. The lowest BCUT2D eigenvalue weighted by Crippen LogP contribution is -2.47. The van der Waals surface area contributed by atoms with Crippen molar-refractivity contribution in [3.05, 3.63) is 85.1 Å². The quantitative estimate of drug-likeness (QED) is 0.0161. The minimum Gasteiger partial charge on any atom is -0.756 e. The number of allylic oxidation sites excluding steroid dienone is 13. The monoisotopic (exact) mass is 999 g/mol. The number of unbranched alkanes of at least 4 members (excludes halogenated alkanes) is 27. The van der Waals surface area contributed by atoms with Crippen LogP contribution in [0.3, 0.4) is 0 Å². The molecule has 10 heteroatoms. The van der Waals surface area contributed by atoms with E-state index in [9.17, 15) is 19.0 Å². The molecular formula is C60H107N2O7P. The Morgan fingerprint density at radius 1 is 0.514 bits per heavy atom. The van der Waals surface area contributed by atoms with Crippen molar-refractivity contribution in [2.45, 2.75) is 245 Å². The zero-order valence-electron chi connectivity index (χ0n) is 45.9. The van der Waals surface area contributed by atoms with Crippen LogP contribution in [0.2, 0.25) is 0 Å². The molecule has 70 heavy (non-hydrogen) atoms. The molecule has 0 saturated heterocycles. The first-order valence-electron chi connectivity index (χ1n) is 28.5. The predicted molar refractivity (Wildman–Crippen MR) is 298 cm³/mol. The first kappa shape index (κ1) is 67.2. The molecular weight excluding hydrogens is 892 g/mol. The lowest BCUT2D eigenvalue weighted by molar-refractivity contribution is -0.870. The average molecular weight is 999 g/mol. The Kier molecular flexibility index (Phi) is 47.8. The van der Waals surface area contributed by atoms with Gasteiger partial charge in [0.1, 0.15) is 19.3 Å². The minimum absolute atomic E-state index is 0.0342. The van der Waals surface area contributed by atoms with Gasteiger partial charge in [-0.1, -0.05) is 254 Å². The molecule has 0 saturated carbocycles. The van der Waals surface area contributed by atoms with Crippen LogP contribution in [0.1, 0.15) is 233 Å². The molecule has 404 valence electrons. The summed E-state index contributed by atoms with van der Waals surface area (Å²) in [6, 6.07) is -0.913. The van der Waals surface area contributed by atoms with E-state index in [1.807, 2.05) is 94.1 Å². The summed E-state index contributed by atoms with van der Waals surface area (Å²) in [5, 5.41) is 2.99. The molecule has 1 N–H and O–H groups in total. The van der Waals surface area contributed by atoms with Crippen molar-refractivity contribution in [3.8, 4) is 0 Å². The number of nitrogens with zero attached hydrogens (tertiary/aromatic N) is 1. The lowest BCUT2D eigenvalue weighted by atomic mass is 10.0. The number of carbonyl (C=O) groups is 2. The van der Waals surface area contributed by atoms with Crippen LogP contribution in [0.4, 0.5) is 0 Å². The van der Waals surface area contributed by atoms with E-state index < -0.39 is 26.6 Å². The summed E-state index contributed by atoms with van der Waals surface area (Å²) in [6.45, 7) is 6.65. The smallest absolute Gasteiger partial charge is 0.306 e. The van der Waals surface area contributed by atoms with Crippen molar-refractivity contribution in [1.82, 2.24) is 5.32 Å². The van der Waals surface area contributed by atoms with Gasteiger partial charge < -0.3 is 28.5 Å². The van der Waals surface area contributed by atoms with Crippen LogP contribution in [0.5, 0.6) is 0 Å². The zero-order valence-corrected chi connectivity index (χ0v) is 46.8. The third kappa shape index (κ3) is 50.1. The number of carbonyl (C=O) groups excluding carboxylic acids is 2. The van der Waals surface area contributed by atoms with Crippen molar-refractivity contribution >= 4 is 19.7 Å². The van der Waals surface area contributed by atoms with Crippen molar-refractivity contribution in [3.63, 3.8) is 0 Å². The summed E-state index contributed by atoms with van der Waals surface area (Å²) in [6.07, 6.45) is 64.0. The van der Waals surface area contributed by atoms with E-state index in [0.29, 0.717) is 17.4 Å². The maximum absolute atomic E-state index is 13.5. The van der Waals surface area contributed by atoms with Crippen LogP contribution in [0.15, 0.2) is 85.1 Å². The van der Waals surface area contributed by atoms with E-state index in [2.05, 4.69) is 38.2 Å². The number of rotatable bonds is 50. The number of amides is 1. The Hall–Kier alpha value is -2.81. The van der Waals surface area contributed by atoms with Gasteiger partial charge in [0.05, 0.1) is 33.8 Å². The average Bonchev–Trinajstić information content (AvgIpc) is 3.32. The normalized spacial score (nSPS) is 14.4. The Balaban J connectivity index is 5.48. The SMILES string of the molecule is CC\C=C/C=C/C=C/C=C\C=C\C=C\CCCCCC(=O)NC(COP(=O)([O-])OCC[N+](C)(C)C)C(/C=C/CCCCCCCCCCCCC)OC(=O)CCCCCCCCCCCCCCCC. The maximum atomic E-state index is 13.5. The van der Waals surface area contributed by atoms with E-state index in [1.54, 1.807) is 0 Å². The summed E-state index contributed by atoms with van der Waals surface area (Å²) in [5.74, 6) is -0.592. The molecule has 0 heterocycles. The van der Waals surface area contributed by atoms with E-state index in [0.717, 1.165) is 64.2 Å². The summed E-state index contributed by atoms with van der Waals surface area (Å²) < 4.78 is 30.2. The first-order valence-corrected chi connectivity index (χ1v) is 29.9. The largest absolute Gasteiger partial charge is 0.756 e. The van der Waals surface area contributed by atoms with Gasteiger partial charge in [0, 0.05) is 12.8 Å². The summed E-state index contributed by atoms with van der Waals surface area (Å²) in [7, 11) is 1.15. The maximum Gasteiger partial charge on any atom is 0.306 e. The van der Waals surface area contributed by atoms with Gasteiger partial charge in [-0.25, -0.2) is 0 Å². The van der Waals surface area contributed by atoms with Crippen LogP contribution in [-0.2, 0) is 27.9 Å². The molecule has 0 aliphatic heterocycles. The molecule has 0 bridgehead atoms. The summed E-state index contributed by atoms with van der Waals surface area (Å²) in [5.41, 5.74) is 0. The fourth-order valence-corrected chi connectivity index (χ4v) is 8.57. The van der Waals surface area contributed by atoms with Crippen LogP contribution in [-0.4, -0.2) is 69.4 Å². The summed E-state index contributed by atoms with van der Waals surface area (Å²) in [4.78, 5) is 39.8. The first-order chi connectivity index (χ1) is 33.9. The highest BCUT2D eigenvalue weighted by molar-refractivity contribution is 7.45. The number of nitrogens with one attached hydrogen (secondary N) is 1. The molecule has 1 amide bonds.